The quantitative estimate of drug-likeness (QED) is 0.492. The van der Waals surface area contributed by atoms with Crippen LogP contribution in [0.2, 0.25) is 0 Å². The number of aromatic nitrogens is 2. The molecule has 0 unspecified atom stereocenters. The van der Waals surface area contributed by atoms with Crippen molar-refractivity contribution >= 4 is 11.0 Å². The van der Waals surface area contributed by atoms with Crippen LogP contribution in [0.1, 0.15) is 22.7 Å². The highest BCUT2D eigenvalue weighted by Crippen LogP contribution is 2.21. The summed E-state index contributed by atoms with van der Waals surface area (Å²) in [6.45, 7) is 3.33. The van der Waals surface area contributed by atoms with Crippen LogP contribution in [0.15, 0.2) is 78.9 Å². The smallest absolute Gasteiger partial charge is 0.203 e. The second kappa shape index (κ2) is 8.50. The second-order valence-electron chi connectivity index (χ2n) is 7.55. The number of benzene rings is 3. The number of imidazole rings is 1. The van der Waals surface area contributed by atoms with Crippen LogP contribution in [-0.4, -0.2) is 22.9 Å². The zero-order valence-corrected chi connectivity index (χ0v) is 17.0. The van der Waals surface area contributed by atoms with Crippen molar-refractivity contribution in [2.24, 2.45) is 0 Å². The van der Waals surface area contributed by atoms with Crippen LogP contribution >= 0.6 is 0 Å². The first kappa shape index (κ1) is 19.2. The minimum Gasteiger partial charge on any atom is -0.383 e. The molecule has 3 aromatic carbocycles. The molecule has 148 valence electrons. The van der Waals surface area contributed by atoms with E-state index in [9.17, 15) is 0 Å². The highest BCUT2D eigenvalue weighted by atomic mass is 16.5. The average Bonchev–Trinajstić information content (AvgIpc) is 3.02. The van der Waals surface area contributed by atoms with Crippen LogP contribution in [0.3, 0.4) is 0 Å². The van der Waals surface area contributed by atoms with E-state index in [-0.39, 0.29) is 6.04 Å². The van der Waals surface area contributed by atoms with E-state index in [1.807, 2.05) is 18.2 Å². The fraction of sp³-hybridized carbons (Fsp3) is 0.240. The molecule has 0 amide bonds. The normalized spacial score (nSPS) is 12.3. The van der Waals surface area contributed by atoms with E-state index in [0.29, 0.717) is 18.8 Å². The summed E-state index contributed by atoms with van der Waals surface area (Å²) < 4.78 is 9.78. The second-order valence-corrected chi connectivity index (χ2v) is 7.55. The van der Waals surface area contributed by atoms with Crippen molar-refractivity contribution in [2.45, 2.75) is 25.9 Å². The number of aryl methyl sites for hydroxylation is 1. The molecule has 0 aliphatic heterocycles. The zero-order valence-electron chi connectivity index (χ0n) is 17.0. The summed E-state index contributed by atoms with van der Waals surface area (Å²) >= 11 is 0. The third-order valence-electron chi connectivity index (χ3n) is 5.42. The molecule has 0 aliphatic carbocycles. The molecule has 1 N–H and O–H groups in total. The van der Waals surface area contributed by atoms with Gasteiger partial charge in [-0.05, 0) is 36.6 Å². The summed E-state index contributed by atoms with van der Waals surface area (Å²) in [6, 6.07) is 27.3. The van der Waals surface area contributed by atoms with Crippen LogP contribution in [0, 0.1) is 12.3 Å². The molecule has 4 rings (SSSR count). The summed E-state index contributed by atoms with van der Waals surface area (Å²) in [5, 5.41) is 9.01. The summed E-state index contributed by atoms with van der Waals surface area (Å²) in [5.41, 5.74) is 6.34. The van der Waals surface area contributed by atoms with Gasteiger partial charge in [0.05, 0.1) is 30.2 Å². The number of methoxy groups -OCH3 is 1. The lowest BCUT2D eigenvalue weighted by Gasteiger charge is -2.19. The molecule has 0 fully saturated rings. The third-order valence-corrected chi connectivity index (χ3v) is 5.42. The first-order valence-electron chi connectivity index (χ1n) is 10.00. The van der Waals surface area contributed by atoms with Gasteiger partial charge in [0.25, 0.3) is 0 Å². The van der Waals surface area contributed by atoms with E-state index in [2.05, 4.69) is 76.7 Å². The SMILES string of the molecule is COC[C@@H](Cc1ccccc1)n1c(=N)n(Cc2ccc(C)cc2)c2ccccc21. The minimum absolute atomic E-state index is 0.0547. The van der Waals surface area contributed by atoms with E-state index in [4.69, 9.17) is 10.1 Å². The van der Waals surface area contributed by atoms with Crippen LogP contribution in [0.5, 0.6) is 0 Å². The van der Waals surface area contributed by atoms with E-state index < -0.39 is 0 Å². The number of hydrogen-bond acceptors (Lipinski definition) is 2. The monoisotopic (exact) mass is 385 g/mol. The summed E-state index contributed by atoms with van der Waals surface area (Å²) in [5.74, 6) is 0. The predicted molar refractivity (Wildman–Crippen MR) is 117 cm³/mol. The Hall–Kier alpha value is -3.11. The van der Waals surface area contributed by atoms with Gasteiger partial charge in [0, 0.05) is 7.11 Å². The summed E-state index contributed by atoms with van der Waals surface area (Å²) in [6.07, 6.45) is 0.823. The lowest BCUT2D eigenvalue weighted by atomic mass is 10.1. The van der Waals surface area contributed by atoms with E-state index in [0.717, 1.165) is 17.5 Å². The minimum atomic E-state index is 0.0547. The van der Waals surface area contributed by atoms with Crippen LogP contribution < -0.4 is 5.62 Å². The van der Waals surface area contributed by atoms with Crippen LogP contribution in [0.25, 0.3) is 11.0 Å². The molecule has 0 bridgehead atoms. The van der Waals surface area contributed by atoms with Crippen LogP contribution in [0.4, 0.5) is 0 Å². The van der Waals surface area contributed by atoms with Gasteiger partial charge >= 0.3 is 0 Å². The third kappa shape index (κ3) is 4.03. The fourth-order valence-electron chi connectivity index (χ4n) is 3.96. The van der Waals surface area contributed by atoms with Gasteiger partial charge in [-0.2, -0.15) is 0 Å². The molecule has 0 saturated heterocycles. The van der Waals surface area contributed by atoms with Gasteiger partial charge in [0.2, 0.25) is 5.62 Å². The molecular formula is C25H27N3O. The van der Waals surface area contributed by atoms with Crippen molar-refractivity contribution in [1.29, 1.82) is 5.41 Å². The van der Waals surface area contributed by atoms with Crippen molar-refractivity contribution in [3.63, 3.8) is 0 Å². The number of rotatable bonds is 7. The van der Waals surface area contributed by atoms with E-state index >= 15 is 0 Å². The van der Waals surface area contributed by atoms with Crippen molar-refractivity contribution in [3.05, 3.63) is 101 Å². The molecule has 1 heterocycles. The van der Waals surface area contributed by atoms with Gasteiger partial charge in [-0.15, -0.1) is 0 Å². The number of hydrogen-bond donors (Lipinski definition) is 1. The van der Waals surface area contributed by atoms with Crippen molar-refractivity contribution in [2.75, 3.05) is 13.7 Å². The fourth-order valence-corrected chi connectivity index (χ4v) is 3.96. The Labute approximate surface area is 171 Å². The van der Waals surface area contributed by atoms with Crippen molar-refractivity contribution in [3.8, 4) is 0 Å². The van der Waals surface area contributed by atoms with Crippen molar-refractivity contribution < 1.29 is 4.74 Å². The predicted octanol–water partition coefficient (Wildman–Crippen LogP) is 4.71. The topological polar surface area (TPSA) is 42.9 Å². The Balaban J connectivity index is 1.80. The zero-order chi connectivity index (χ0) is 20.2. The highest BCUT2D eigenvalue weighted by molar-refractivity contribution is 5.76. The van der Waals surface area contributed by atoms with Gasteiger partial charge in [-0.25, -0.2) is 0 Å². The standard InChI is InChI=1S/C25H27N3O/c1-19-12-14-21(15-13-19)17-27-23-10-6-7-11-24(23)28(25(27)26)22(18-29-2)16-20-8-4-3-5-9-20/h3-15,22,26H,16-18H2,1-2H3/t22-/m1/s1. The maximum Gasteiger partial charge on any atom is 0.203 e. The molecule has 0 radical (unpaired) electrons. The summed E-state index contributed by atoms with van der Waals surface area (Å²) in [7, 11) is 1.73. The Bertz CT molecular complexity index is 1140. The summed E-state index contributed by atoms with van der Waals surface area (Å²) in [4.78, 5) is 0. The number of fused-ring (bicyclic) bond motifs is 1. The molecule has 0 spiro atoms. The first-order valence-corrected chi connectivity index (χ1v) is 10.00. The molecule has 4 heteroatoms. The largest absolute Gasteiger partial charge is 0.383 e. The van der Waals surface area contributed by atoms with Crippen LogP contribution in [-0.2, 0) is 17.7 Å². The molecule has 4 aromatic rings. The molecule has 0 aliphatic rings. The lowest BCUT2D eigenvalue weighted by molar-refractivity contribution is 0.154. The maximum atomic E-state index is 9.01. The molecule has 1 aromatic heterocycles. The van der Waals surface area contributed by atoms with Gasteiger partial charge in [-0.3, -0.25) is 5.41 Å². The average molecular weight is 386 g/mol. The van der Waals surface area contributed by atoms with E-state index in [1.54, 1.807) is 7.11 Å². The van der Waals surface area contributed by atoms with Gasteiger partial charge in [-0.1, -0.05) is 72.3 Å². The van der Waals surface area contributed by atoms with E-state index in [1.165, 1.54) is 16.7 Å². The Morgan fingerprint density at radius 2 is 1.48 bits per heavy atom. The molecule has 4 nitrogen and oxygen atoms in total. The Morgan fingerprint density at radius 1 is 0.828 bits per heavy atom. The first-order chi connectivity index (χ1) is 14.2. The van der Waals surface area contributed by atoms with Crippen molar-refractivity contribution in [1.82, 2.24) is 9.13 Å². The molecule has 29 heavy (non-hydrogen) atoms. The molecular weight excluding hydrogens is 358 g/mol. The van der Waals surface area contributed by atoms with Gasteiger partial charge in [0.15, 0.2) is 0 Å². The number of nitrogens with one attached hydrogen (secondary N) is 1. The number of para-hydroxylation sites is 2. The lowest BCUT2D eigenvalue weighted by Crippen LogP contribution is -2.31. The maximum absolute atomic E-state index is 9.01. The number of ether oxygens (including phenoxy) is 1. The van der Waals surface area contributed by atoms with Gasteiger partial charge in [0.1, 0.15) is 0 Å². The molecule has 0 saturated carbocycles. The Kier molecular flexibility index (Phi) is 5.63. The van der Waals surface area contributed by atoms with Gasteiger partial charge < -0.3 is 13.9 Å². The molecule has 1 atom stereocenters. The number of nitrogens with zero attached hydrogens (tertiary/aromatic N) is 2. The highest BCUT2D eigenvalue weighted by Gasteiger charge is 2.19. The Morgan fingerprint density at radius 3 is 2.17 bits per heavy atom.